The molecule has 176 valence electrons. The molecule has 0 fully saturated rings. The Balaban J connectivity index is 2.22. The summed E-state index contributed by atoms with van der Waals surface area (Å²) in [6, 6.07) is 7.24. The molecule has 0 aliphatic rings. The summed E-state index contributed by atoms with van der Waals surface area (Å²) in [5.41, 5.74) is 0.0930. The second-order valence-electron chi connectivity index (χ2n) is 9.16. The molecule has 0 aliphatic carbocycles. The highest BCUT2D eigenvalue weighted by atomic mass is 19.4. The number of ether oxygens (including phenoxy) is 1. The van der Waals surface area contributed by atoms with Gasteiger partial charge in [-0.25, -0.2) is 4.98 Å². The van der Waals surface area contributed by atoms with Gasteiger partial charge in [0.15, 0.2) is 0 Å². The van der Waals surface area contributed by atoms with Crippen LogP contribution in [-0.4, -0.2) is 17.5 Å². The number of nitrogens with zero attached hydrogens (tertiary/aromatic N) is 1. The van der Waals surface area contributed by atoms with Gasteiger partial charge >= 0.3 is 6.18 Å². The van der Waals surface area contributed by atoms with E-state index in [0.29, 0.717) is 35.2 Å². The maximum Gasteiger partial charge on any atom is 0.419 e. The van der Waals surface area contributed by atoms with Crippen molar-refractivity contribution >= 4 is 11.7 Å². The van der Waals surface area contributed by atoms with Crippen LogP contribution in [0.4, 0.5) is 19.0 Å². The number of alkyl halides is 3. The second-order valence-corrected chi connectivity index (χ2v) is 9.16. The van der Waals surface area contributed by atoms with Crippen molar-refractivity contribution in [2.75, 3.05) is 11.9 Å². The summed E-state index contributed by atoms with van der Waals surface area (Å²) in [5, 5.41) is 2.71. The number of aromatic nitrogens is 1. The first-order valence-corrected chi connectivity index (χ1v) is 11.1. The van der Waals surface area contributed by atoms with Crippen LogP contribution in [0.5, 0.6) is 5.75 Å². The zero-order chi connectivity index (χ0) is 23.9. The molecule has 0 spiro atoms. The van der Waals surface area contributed by atoms with Crippen molar-refractivity contribution in [2.45, 2.75) is 60.1 Å². The fraction of sp³-hybridized carbons (Fsp3) is 0.520. The maximum atomic E-state index is 13.7. The van der Waals surface area contributed by atoms with E-state index in [1.165, 1.54) is 12.3 Å². The van der Waals surface area contributed by atoms with Crippen LogP contribution in [-0.2, 0) is 11.0 Å². The van der Waals surface area contributed by atoms with E-state index in [1.807, 2.05) is 20.8 Å². The third kappa shape index (κ3) is 8.17. The SMILES string of the molecule is CC(C)CCC(=O)Nc1cc(-c2ccc(OCC(C)CC(C)C)c(C(F)(F)F)c2)ccn1. The summed E-state index contributed by atoms with van der Waals surface area (Å²) in [7, 11) is 0. The molecule has 1 aromatic carbocycles. The average molecular weight is 451 g/mol. The Bertz CT molecular complexity index is 895. The molecule has 32 heavy (non-hydrogen) atoms. The van der Waals surface area contributed by atoms with Crippen LogP contribution in [0.15, 0.2) is 36.5 Å². The molecule has 1 amide bonds. The summed E-state index contributed by atoms with van der Waals surface area (Å²) in [4.78, 5) is 16.2. The largest absolute Gasteiger partial charge is 0.493 e. The van der Waals surface area contributed by atoms with Crippen molar-refractivity contribution in [3.63, 3.8) is 0 Å². The highest BCUT2D eigenvalue weighted by Gasteiger charge is 2.35. The number of halogens is 3. The lowest BCUT2D eigenvalue weighted by Crippen LogP contribution is -2.14. The molecule has 2 aromatic rings. The number of amides is 1. The predicted molar refractivity (Wildman–Crippen MR) is 121 cm³/mol. The number of carbonyl (C=O) groups excluding carboxylic acids is 1. The third-order valence-corrected chi connectivity index (χ3v) is 4.99. The number of hydrogen-bond donors (Lipinski definition) is 1. The lowest BCUT2D eigenvalue weighted by Gasteiger charge is -2.19. The van der Waals surface area contributed by atoms with Gasteiger partial charge in [0.2, 0.25) is 5.91 Å². The molecule has 1 unspecified atom stereocenters. The van der Waals surface area contributed by atoms with Crippen molar-refractivity contribution in [1.82, 2.24) is 4.98 Å². The van der Waals surface area contributed by atoms with Crippen LogP contribution < -0.4 is 10.1 Å². The van der Waals surface area contributed by atoms with E-state index in [1.54, 1.807) is 18.2 Å². The second kappa shape index (κ2) is 11.3. The molecule has 0 bridgehead atoms. The Morgan fingerprint density at radius 2 is 1.72 bits per heavy atom. The van der Waals surface area contributed by atoms with Gasteiger partial charge in [-0.15, -0.1) is 0 Å². The molecule has 0 saturated carbocycles. The zero-order valence-electron chi connectivity index (χ0n) is 19.4. The van der Waals surface area contributed by atoms with Crippen molar-refractivity contribution < 1.29 is 22.7 Å². The minimum atomic E-state index is -4.55. The summed E-state index contributed by atoms with van der Waals surface area (Å²) >= 11 is 0. The lowest BCUT2D eigenvalue weighted by molar-refractivity contribution is -0.139. The first-order valence-electron chi connectivity index (χ1n) is 11.1. The van der Waals surface area contributed by atoms with Crippen LogP contribution in [0.2, 0.25) is 0 Å². The fourth-order valence-corrected chi connectivity index (χ4v) is 3.47. The van der Waals surface area contributed by atoms with Gasteiger partial charge in [0.05, 0.1) is 12.2 Å². The minimum Gasteiger partial charge on any atom is -0.493 e. The van der Waals surface area contributed by atoms with Gasteiger partial charge < -0.3 is 10.1 Å². The van der Waals surface area contributed by atoms with Gasteiger partial charge in [0.25, 0.3) is 0 Å². The molecular weight excluding hydrogens is 417 g/mol. The molecule has 1 heterocycles. The van der Waals surface area contributed by atoms with Crippen LogP contribution in [0.25, 0.3) is 11.1 Å². The third-order valence-electron chi connectivity index (χ3n) is 4.99. The highest BCUT2D eigenvalue weighted by molar-refractivity contribution is 5.90. The quantitative estimate of drug-likeness (QED) is 0.416. The Labute approximate surface area is 188 Å². The smallest absolute Gasteiger partial charge is 0.419 e. The number of carbonyl (C=O) groups is 1. The summed E-state index contributed by atoms with van der Waals surface area (Å²) in [6.45, 7) is 10.4. The highest BCUT2D eigenvalue weighted by Crippen LogP contribution is 2.39. The fourth-order valence-electron chi connectivity index (χ4n) is 3.47. The van der Waals surface area contributed by atoms with E-state index in [-0.39, 0.29) is 24.2 Å². The lowest BCUT2D eigenvalue weighted by atomic mass is 9.99. The van der Waals surface area contributed by atoms with Gasteiger partial charge in [0.1, 0.15) is 11.6 Å². The molecule has 1 aromatic heterocycles. The molecular formula is C25H33F3N2O2. The van der Waals surface area contributed by atoms with Gasteiger partial charge in [0, 0.05) is 12.6 Å². The number of anilines is 1. The molecule has 1 atom stereocenters. The van der Waals surface area contributed by atoms with E-state index in [9.17, 15) is 18.0 Å². The van der Waals surface area contributed by atoms with Crippen LogP contribution in [0.1, 0.15) is 59.4 Å². The molecule has 1 N–H and O–H groups in total. The number of nitrogens with one attached hydrogen (secondary N) is 1. The monoisotopic (exact) mass is 450 g/mol. The van der Waals surface area contributed by atoms with E-state index in [2.05, 4.69) is 24.1 Å². The predicted octanol–water partition coefficient (Wildman–Crippen LogP) is 7.20. The van der Waals surface area contributed by atoms with Crippen molar-refractivity contribution in [3.8, 4) is 16.9 Å². The van der Waals surface area contributed by atoms with E-state index in [4.69, 9.17) is 4.74 Å². The van der Waals surface area contributed by atoms with Crippen LogP contribution in [0.3, 0.4) is 0 Å². The molecule has 0 aliphatic heterocycles. The van der Waals surface area contributed by atoms with Gasteiger partial charge in [-0.2, -0.15) is 13.2 Å². The minimum absolute atomic E-state index is 0.151. The van der Waals surface area contributed by atoms with Gasteiger partial charge in [-0.1, -0.05) is 40.7 Å². The standard InChI is InChI=1S/C25H33F3N2O2/c1-16(2)6-9-24(31)30-23-14-20(10-11-29-23)19-7-8-22(21(13-19)25(26,27)28)32-15-18(5)12-17(3)4/h7-8,10-11,13-14,16-18H,6,9,12,15H2,1-5H3,(H,29,30,31). The first kappa shape index (κ1) is 25.7. The van der Waals surface area contributed by atoms with Crippen LogP contribution >= 0.6 is 0 Å². The molecule has 0 saturated heterocycles. The van der Waals surface area contributed by atoms with E-state index < -0.39 is 11.7 Å². The topological polar surface area (TPSA) is 51.2 Å². The summed E-state index contributed by atoms with van der Waals surface area (Å²) in [5.74, 6) is 0.969. The van der Waals surface area contributed by atoms with Gasteiger partial charge in [-0.05, 0) is 66.0 Å². The number of pyridine rings is 1. The number of benzene rings is 1. The van der Waals surface area contributed by atoms with Crippen molar-refractivity contribution in [1.29, 1.82) is 0 Å². The number of rotatable bonds is 10. The number of hydrogen-bond acceptors (Lipinski definition) is 3. The molecule has 7 heteroatoms. The molecule has 2 rings (SSSR count). The first-order chi connectivity index (χ1) is 15.0. The Morgan fingerprint density at radius 3 is 2.34 bits per heavy atom. The van der Waals surface area contributed by atoms with E-state index in [0.717, 1.165) is 18.9 Å². The Morgan fingerprint density at radius 1 is 1.03 bits per heavy atom. The summed E-state index contributed by atoms with van der Waals surface area (Å²) in [6.07, 6.45) is -1.09. The molecule has 0 radical (unpaired) electrons. The maximum absolute atomic E-state index is 13.7. The summed E-state index contributed by atoms with van der Waals surface area (Å²) < 4.78 is 46.7. The average Bonchev–Trinajstić information content (AvgIpc) is 2.69. The Hall–Kier alpha value is -2.57. The zero-order valence-corrected chi connectivity index (χ0v) is 19.4. The van der Waals surface area contributed by atoms with E-state index >= 15 is 0 Å². The molecule has 4 nitrogen and oxygen atoms in total. The normalized spacial score (nSPS) is 12.8. The van der Waals surface area contributed by atoms with Gasteiger partial charge in [-0.3, -0.25) is 4.79 Å². The van der Waals surface area contributed by atoms with Crippen molar-refractivity contribution in [2.24, 2.45) is 17.8 Å². The van der Waals surface area contributed by atoms with Crippen molar-refractivity contribution in [3.05, 3.63) is 42.1 Å². The van der Waals surface area contributed by atoms with Crippen LogP contribution in [0, 0.1) is 17.8 Å². The Kier molecular flexibility index (Phi) is 9.10.